The van der Waals surface area contributed by atoms with Crippen LogP contribution < -0.4 is 5.73 Å². The van der Waals surface area contributed by atoms with Crippen molar-refractivity contribution in [1.29, 1.82) is 0 Å². The Morgan fingerprint density at radius 1 is 1.07 bits per heavy atom. The molecule has 3 aromatic rings. The van der Waals surface area contributed by atoms with Crippen LogP contribution in [0.2, 0.25) is 0 Å². The van der Waals surface area contributed by atoms with E-state index >= 15 is 0 Å². The average Bonchev–Trinajstić information content (AvgIpc) is 3.11. The minimum Gasteiger partial charge on any atom is -0.366 e. The molecular formula is C22H25Cl2FN4O. The molecule has 1 aliphatic heterocycles. The highest BCUT2D eigenvalue weighted by molar-refractivity contribution is 6.05. The summed E-state index contributed by atoms with van der Waals surface area (Å²) in [4.78, 5) is 22.4. The summed E-state index contributed by atoms with van der Waals surface area (Å²) in [5.74, 6) is -0.523. The third kappa shape index (κ3) is 4.67. The van der Waals surface area contributed by atoms with Gasteiger partial charge in [0.15, 0.2) is 0 Å². The van der Waals surface area contributed by atoms with Crippen LogP contribution in [-0.2, 0) is 0 Å². The lowest BCUT2D eigenvalue weighted by Gasteiger charge is -2.29. The molecule has 1 saturated heterocycles. The fourth-order valence-electron chi connectivity index (χ4n) is 4.02. The maximum Gasteiger partial charge on any atom is 0.251 e. The number of hydrogen-bond donors (Lipinski definition) is 2. The predicted octanol–water partition coefficient (Wildman–Crippen LogP) is 4.63. The van der Waals surface area contributed by atoms with Crippen LogP contribution in [0.25, 0.3) is 22.4 Å². The third-order valence-corrected chi connectivity index (χ3v) is 5.50. The number of carbonyl (C=O) groups excluding carboxylic acids is 1. The van der Waals surface area contributed by atoms with Gasteiger partial charge in [0.1, 0.15) is 5.82 Å². The van der Waals surface area contributed by atoms with Crippen molar-refractivity contribution >= 4 is 30.7 Å². The molecule has 1 aromatic carbocycles. The minimum atomic E-state index is -0.453. The standard InChI is InChI=1S/C22H23FN4O.2ClH/c1-27-12-8-16(9-13-27)21-19(22(24)28)18(14-6-10-25-11-7-14)20(26-21)15-2-4-17(23)5-3-15;;/h2-7,10-11,16,26H,8-9,12-13H2,1H3,(H2,24,28);2*1H. The molecule has 3 heterocycles. The fraction of sp³-hybridized carbons (Fsp3) is 0.273. The quantitative estimate of drug-likeness (QED) is 0.607. The summed E-state index contributed by atoms with van der Waals surface area (Å²) in [5.41, 5.74) is 10.5. The zero-order valence-corrected chi connectivity index (χ0v) is 18.2. The number of aromatic nitrogens is 2. The molecule has 2 aromatic heterocycles. The predicted molar refractivity (Wildman–Crippen MR) is 122 cm³/mol. The number of amides is 1. The van der Waals surface area contributed by atoms with Gasteiger partial charge in [0.25, 0.3) is 5.91 Å². The fourth-order valence-corrected chi connectivity index (χ4v) is 4.02. The first-order chi connectivity index (χ1) is 13.5. The lowest BCUT2D eigenvalue weighted by atomic mass is 9.89. The van der Waals surface area contributed by atoms with E-state index in [9.17, 15) is 9.18 Å². The molecule has 1 amide bonds. The van der Waals surface area contributed by atoms with Crippen molar-refractivity contribution < 1.29 is 9.18 Å². The number of piperidine rings is 1. The van der Waals surface area contributed by atoms with Crippen LogP contribution in [0.15, 0.2) is 48.8 Å². The molecule has 0 spiro atoms. The largest absolute Gasteiger partial charge is 0.366 e. The van der Waals surface area contributed by atoms with E-state index in [0.717, 1.165) is 54.0 Å². The lowest BCUT2D eigenvalue weighted by molar-refractivity contribution is 0.0999. The number of pyridine rings is 1. The van der Waals surface area contributed by atoms with Gasteiger partial charge >= 0.3 is 0 Å². The first-order valence-corrected chi connectivity index (χ1v) is 9.45. The number of nitrogens with two attached hydrogens (primary N) is 1. The van der Waals surface area contributed by atoms with Crippen LogP contribution in [0.3, 0.4) is 0 Å². The maximum absolute atomic E-state index is 13.5. The number of carbonyl (C=O) groups is 1. The van der Waals surface area contributed by atoms with Crippen LogP contribution in [0.4, 0.5) is 4.39 Å². The summed E-state index contributed by atoms with van der Waals surface area (Å²) in [6, 6.07) is 10.0. The Labute approximate surface area is 187 Å². The summed E-state index contributed by atoms with van der Waals surface area (Å²) in [7, 11) is 2.10. The molecule has 0 atom stereocenters. The van der Waals surface area contributed by atoms with Crippen molar-refractivity contribution in [2.45, 2.75) is 18.8 Å². The van der Waals surface area contributed by atoms with E-state index in [1.807, 2.05) is 12.1 Å². The highest BCUT2D eigenvalue weighted by atomic mass is 35.5. The molecular weight excluding hydrogens is 426 g/mol. The molecule has 3 N–H and O–H groups in total. The first-order valence-electron chi connectivity index (χ1n) is 9.45. The van der Waals surface area contributed by atoms with Gasteiger partial charge < -0.3 is 15.6 Å². The van der Waals surface area contributed by atoms with E-state index in [-0.39, 0.29) is 36.5 Å². The Morgan fingerprint density at radius 3 is 2.23 bits per heavy atom. The van der Waals surface area contributed by atoms with Crippen molar-refractivity contribution in [3.8, 4) is 22.4 Å². The molecule has 1 fully saturated rings. The van der Waals surface area contributed by atoms with E-state index in [4.69, 9.17) is 5.73 Å². The van der Waals surface area contributed by atoms with E-state index in [1.54, 1.807) is 24.5 Å². The number of primary amides is 1. The number of aromatic amines is 1. The number of benzene rings is 1. The van der Waals surface area contributed by atoms with Crippen LogP contribution in [-0.4, -0.2) is 40.9 Å². The number of H-pyrrole nitrogens is 1. The number of rotatable bonds is 4. The van der Waals surface area contributed by atoms with Gasteiger partial charge in [-0.2, -0.15) is 0 Å². The molecule has 4 rings (SSSR count). The van der Waals surface area contributed by atoms with E-state index in [1.165, 1.54) is 12.1 Å². The van der Waals surface area contributed by atoms with Gasteiger partial charge in [-0.15, -0.1) is 24.8 Å². The molecule has 0 bridgehead atoms. The minimum absolute atomic E-state index is 0. The van der Waals surface area contributed by atoms with Gasteiger partial charge in [-0.1, -0.05) is 0 Å². The SMILES string of the molecule is CN1CCC(c2[nH]c(-c3ccc(F)cc3)c(-c3ccncc3)c2C(N)=O)CC1.Cl.Cl. The zero-order valence-electron chi connectivity index (χ0n) is 16.6. The van der Waals surface area contributed by atoms with Crippen molar-refractivity contribution in [2.24, 2.45) is 5.73 Å². The molecule has 0 radical (unpaired) electrons. The van der Waals surface area contributed by atoms with Gasteiger partial charge in [-0.25, -0.2) is 4.39 Å². The zero-order chi connectivity index (χ0) is 19.7. The van der Waals surface area contributed by atoms with Crippen molar-refractivity contribution in [3.05, 3.63) is 65.9 Å². The molecule has 0 unspecified atom stereocenters. The molecule has 160 valence electrons. The second-order valence-electron chi connectivity index (χ2n) is 7.35. The van der Waals surface area contributed by atoms with Crippen LogP contribution >= 0.6 is 24.8 Å². The number of likely N-dealkylation sites (tertiary alicyclic amines) is 1. The number of halogens is 3. The Hall–Kier alpha value is -2.41. The summed E-state index contributed by atoms with van der Waals surface area (Å²) < 4.78 is 13.5. The molecule has 8 heteroatoms. The summed E-state index contributed by atoms with van der Waals surface area (Å²) >= 11 is 0. The third-order valence-electron chi connectivity index (χ3n) is 5.50. The number of nitrogens with zero attached hydrogens (tertiary/aromatic N) is 2. The highest BCUT2D eigenvalue weighted by Crippen LogP contribution is 2.41. The van der Waals surface area contributed by atoms with Crippen molar-refractivity contribution in [1.82, 2.24) is 14.9 Å². The van der Waals surface area contributed by atoms with E-state index in [0.29, 0.717) is 5.56 Å². The molecule has 0 saturated carbocycles. The molecule has 1 aliphatic rings. The topological polar surface area (TPSA) is 75.0 Å². The van der Waals surface area contributed by atoms with E-state index < -0.39 is 5.91 Å². The highest BCUT2D eigenvalue weighted by Gasteiger charge is 2.29. The van der Waals surface area contributed by atoms with Crippen molar-refractivity contribution in [2.75, 3.05) is 20.1 Å². The smallest absolute Gasteiger partial charge is 0.251 e. The van der Waals surface area contributed by atoms with Gasteiger partial charge in [0, 0.05) is 29.6 Å². The molecule has 30 heavy (non-hydrogen) atoms. The van der Waals surface area contributed by atoms with Gasteiger partial charge in [-0.3, -0.25) is 9.78 Å². The first kappa shape index (κ1) is 23.9. The second-order valence-corrected chi connectivity index (χ2v) is 7.35. The number of hydrogen-bond acceptors (Lipinski definition) is 3. The van der Waals surface area contributed by atoms with Gasteiger partial charge in [-0.05, 0) is 80.5 Å². The Morgan fingerprint density at radius 2 is 1.67 bits per heavy atom. The van der Waals surface area contributed by atoms with Crippen LogP contribution in [0.1, 0.15) is 34.8 Å². The van der Waals surface area contributed by atoms with Gasteiger partial charge in [0.05, 0.1) is 11.3 Å². The van der Waals surface area contributed by atoms with Gasteiger partial charge in [0.2, 0.25) is 0 Å². The Kier molecular flexibility index (Phi) is 8.01. The van der Waals surface area contributed by atoms with E-state index in [2.05, 4.69) is 21.9 Å². The van der Waals surface area contributed by atoms with Crippen molar-refractivity contribution in [3.63, 3.8) is 0 Å². The number of nitrogens with one attached hydrogen (secondary N) is 1. The Balaban J connectivity index is 0.00000160. The second kappa shape index (κ2) is 10.1. The maximum atomic E-state index is 13.5. The summed E-state index contributed by atoms with van der Waals surface area (Å²) in [6.07, 6.45) is 5.29. The summed E-state index contributed by atoms with van der Waals surface area (Å²) in [6.45, 7) is 1.94. The Bertz CT molecular complexity index is 984. The average molecular weight is 451 g/mol. The van der Waals surface area contributed by atoms with Crippen LogP contribution in [0, 0.1) is 5.82 Å². The van der Waals surface area contributed by atoms with Crippen LogP contribution in [0.5, 0.6) is 0 Å². The summed E-state index contributed by atoms with van der Waals surface area (Å²) in [5, 5.41) is 0. The molecule has 5 nitrogen and oxygen atoms in total. The monoisotopic (exact) mass is 450 g/mol. The molecule has 0 aliphatic carbocycles. The lowest BCUT2D eigenvalue weighted by Crippen LogP contribution is -2.30. The normalized spacial score (nSPS) is 14.6.